The number of unbranched alkanes of at least 4 members (excludes halogenated alkanes) is 2. The average molecular weight is 407 g/mol. The summed E-state index contributed by atoms with van der Waals surface area (Å²) in [4.78, 5) is 0. The summed E-state index contributed by atoms with van der Waals surface area (Å²) in [6.07, 6.45) is 5.08. The third-order valence-corrected chi connectivity index (χ3v) is 3.33. The molecule has 0 saturated heterocycles. The van der Waals surface area contributed by atoms with Crippen molar-refractivity contribution >= 4 is 10.8 Å². The van der Waals surface area contributed by atoms with E-state index >= 15 is 0 Å². The van der Waals surface area contributed by atoms with Crippen LogP contribution in [0.4, 0.5) is 0 Å². The van der Waals surface area contributed by atoms with Crippen LogP contribution >= 0.6 is 0 Å². The Morgan fingerprint density at radius 2 is 1.30 bits per heavy atom. The second-order valence-electron chi connectivity index (χ2n) is 5.84. The molecule has 0 radical (unpaired) electrons. The van der Waals surface area contributed by atoms with Gasteiger partial charge in [0.05, 0.1) is 0 Å². The summed E-state index contributed by atoms with van der Waals surface area (Å²) in [7, 11) is 3.50. The predicted molar refractivity (Wildman–Crippen MR) is 122 cm³/mol. The van der Waals surface area contributed by atoms with E-state index in [1.54, 1.807) is 14.1 Å². The molecule has 0 unspecified atom stereocenters. The van der Waals surface area contributed by atoms with Gasteiger partial charge in [0.25, 0.3) is 0 Å². The number of fused-ring (bicyclic) bond motifs is 1. The first-order valence-electron chi connectivity index (χ1n) is 10.1. The predicted octanol–water partition coefficient (Wildman–Crippen LogP) is 7.54. The molecule has 0 saturated carbocycles. The zero-order valence-electron chi connectivity index (χ0n) is 18.5. The zero-order chi connectivity index (χ0) is 19.9. The van der Waals surface area contributed by atoms with Crippen LogP contribution in [0.15, 0.2) is 42.5 Å². The van der Waals surface area contributed by atoms with Gasteiger partial charge in [-0.3, -0.25) is 0 Å². The van der Waals surface area contributed by atoms with E-state index in [0.29, 0.717) is 0 Å². The van der Waals surface area contributed by atoms with Crippen LogP contribution < -0.4 is 0 Å². The van der Waals surface area contributed by atoms with Crippen molar-refractivity contribution in [3.05, 3.63) is 58.4 Å². The first-order valence-corrected chi connectivity index (χ1v) is 10.1. The average Bonchev–Trinajstić information content (AvgIpc) is 3.13. The molecule has 2 rings (SSSR count). The minimum absolute atomic E-state index is 0. The molecule has 27 heavy (non-hydrogen) atoms. The Balaban J connectivity index is -0.000000304. The third-order valence-electron chi connectivity index (χ3n) is 3.33. The van der Waals surface area contributed by atoms with Crippen LogP contribution in [0.5, 0.6) is 0 Å². The molecule has 0 fully saturated rings. The molecular formula is C23H41N3Ti. The van der Waals surface area contributed by atoms with Gasteiger partial charge in [-0.15, -0.1) is 42.7 Å². The molecule has 0 bridgehead atoms. The van der Waals surface area contributed by atoms with E-state index in [-0.39, 0.29) is 21.7 Å². The van der Waals surface area contributed by atoms with E-state index < -0.39 is 0 Å². The smallest absolute Gasteiger partial charge is 0.668 e. The van der Waals surface area contributed by atoms with Gasteiger partial charge in [-0.05, 0) is 0 Å². The van der Waals surface area contributed by atoms with Crippen LogP contribution in [0.3, 0.4) is 0 Å². The van der Waals surface area contributed by atoms with E-state index in [2.05, 4.69) is 72.3 Å². The first kappa shape index (κ1) is 31.1. The van der Waals surface area contributed by atoms with Gasteiger partial charge < -0.3 is 16.0 Å². The molecule has 0 N–H and O–H groups in total. The van der Waals surface area contributed by atoms with Crippen LogP contribution in [-0.4, -0.2) is 40.3 Å². The molecule has 0 aromatic heterocycles. The van der Waals surface area contributed by atoms with E-state index in [0.717, 1.165) is 26.2 Å². The maximum absolute atomic E-state index is 4.35. The Bertz CT molecular complexity index is 433. The number of nitrogens with zero attached hydrogens (tertiary/aromatic N) is 3. The normalized spacial score (nSPS) is 8.96. The summed E-state index contributed by atoms with van der Waals surface area (Å²) < 4.78 is 0. The topological polar surface area (TPSA) is 42.3 Å². The van der Waals surface area contributed by atoms with Crippen molar-refractivity contribution in [3.8, 4) is 0 Å². The van der Waals surface area contributed by atoms with Gasteiger partial charge in [0.1, 0.15) is 0 Å². The fourth-order valence-corrected chi connectivity index (χ4v) is 1.95. The summed E-state index contributed by atoms with van der Waals surface area (Å²) in [6.45, 7) is 12.6. The molecule has 0 aliphatic rings. The van der Waals surface area contributed by atoms with E-state index in [4.69, 9.17) is 0 Å². The summed E-state index contributed by atoms with van der Waals surface area (Å²) in [5.74, 6) is 0. The summed E-state index contributed by atoms with van der Waals surface area (Å²) in [5, 5.41) is 14.5. The maximum atomic E-state index is 4.35. The molecule has 3 nitrogen and oxygen atoms in total. The Hall–Kier alpha value is -0.576. The largest absolute Gasteiger partial charge is 4.00 e. The number of rotatable bonds is 8. The Kier molecular flexibility index (Phi) is 31.9. The van der Waals surface area contributed by atoms with E-state index in [9.17, 15) is 0 Å². The Morgan fingerprint density at radius 1 is 0.778 bits per heavy atom. The van der Waals surface area contributed by atoms with Crippen LogP contribution in [-0.2, 0) is 21.7 Å². The van der Waals surface area contributed by atoms with Gasteiger partial charge in [-0.1, -0.05) is 59.4 Å². The van der Waals surface area contributed by atoms with E-state index in [1.165, 1.54) is 36.5 Å². The van der Waals surface area contributed by atoms with Crippen molar-refractivity contribution in [1.29, 1.82) is 0 Å². The van der Waals surface area contributed by atoms with Crippen LogP contribution in [0.2, 0.25) is 0 Å². The Morgan fingerprint density at radius 3 is 1.70 bits per heavy atom. The zero-order valence-corrected chi connectivity index (χ0v) is 20.1. The second-order valence-corrected chi connectivity index (χ2v) is 5.84. The molecule has 0 aliphatic carbocycles. The van der Waals surface area contributed by atoms with Gasteiger partial charge in [-0.2, -0.15) is 44.7 Å². The molecular weight excluding hydrogens is 366 g/mol. The SMILES string of the molecule is CCCC[N-]CCCC.CC[N-]CC.C[N-]C.[Ti+4].c1ccc2[cH-]ccc2c1. The molecule has 152 valence electrons. The summed E-state index contributed by atoms with van der Waals surface area (Å²) in [5.41, 5.74) is 0. The van der Waals surface area contributed by atoms with Crippen molar-refractivity contribution in [2.45, 2.75) is 53.4 Å². The standard InChI is InChI=1S/C9H7.C8H18N.C4H10N.C2H6N.Ti/c1-2-5-9-7-3-6-8(9)4-1;1-3-5-7-9-8-6-4-2;1-3-5-4-2;1-3-2;/h1-7H;3-8H2,1-2H3;3-4H2,1-2H3;1-2H3;/q4*-1;+4. The third kappa shape index (κ3) is 23.4. The number of hydrogen-bond acceptors (Lipinski definition) is 0. The first-order chi connectivity index (χ1) is 12.7. The van der Waals surface area contributed by atoms with Gasteiger partial charge in [0.15, 0.2) is 0 Å². The molecule has 4 heteroatoms. The van der Waals surface area contributed by atoms with Crippen molar-refractivity contribution in [1.82, 2.24) is 0 Å². The van der Waals surface area contributed by atoms with Crippen molar-refractivity contribution in [2.24, 2.45) is 0 Å². The quantitative estimate of drug-likeness (QED) is 0.246. The molecule has 0 atom stereocenters. The fraction of sp³-hybridized carbons (Fsp3) is 0.609. The van der Waals surface area contributed by atoms with Gasteiger partial charge in [-0.25, -0.2) is 0 Å². The number of benzene rings is 1. The Labute approximate surface area is 184 Å². The minimum atomic E-state index is 0. The molecule has 2 aromatic carbocycles. The van der Waals surface area contributed by atoms with Gasteiger partial charge >= 0.3 is 21.7 Å². The summed E-state index contributed by atoms with van der Waals surface area (Å²) in [6, 6.07) is 14.7. The molecule has 0 spiro atoms. The van der Waals surface area contributed by atoms with Crippen molar-refractivity contribution in [3.63, 3.8) is 0 Å². The number of hydrogen-bond donors (Lipinski definition) is 0. The van der Waals surface area contributed by atoms with Gasteiger partial charge in [0.2, 0.25) is 0 Å². The van der Waals surface area contributed by atoms with Crippen LogP contribution in [0, 0.1) is 0 Å². The van der Waals surface area contributed by atoms with E-state index in [1.807, 2.05) is 13.8 Å². The minimum Gasteiger partial charge on any atom is -0.668 e. The van der Waals surface area contributed by atoms with Crippen LogP contribution in [0.1, 0.15) is 53.4 Å². The van der Waals surface area contributed by atoms with Crippen molar-refractivity contribution in [2.75, 3.05) is 40.3 Å². The second kappa shape index (κ2) is 27.6. The maximum Gasteiger partial charge on any atom is 4.00 e. The summed E-state index contributed by atoms with van der Waals surface area (Å²) >= 11 is 0. The monoisotopic (exact) mass is 407 g/mol. The van der Waals surface area contributed by atoms with Gasteiger partial charge in [0, 0.05) is 0 Å². The molecule has 0 aliphatic heterocycles. The molecule has 0 heterocycles. The molecule has 2 aromatic rings. The van der Waals surface area contributed by atoms with Crippen LogP contribution in [0.25, 0.3) is 26.7 Å². The fourth-order valence-electron chi connectivity index (χ4n) is 1.95. The molecule has 0 amide bonds. The van der Waals surface area contributed by atoms with Crippen molar-refractivity contribution < 1.29 is 21.7 Å².